The van der Waals surface area contributed by atoms with Gasteiger partial charge in [0, 0.05) is 11.8 Å². The molecule has 4 heteroatoms. The van der Waals surface area contributed by atoms with Gasteiger partial charge in [-0.05, 0) is 37.5 Å². The molecule has 7 atom stereocenters. The van der Waals surface area contributed by atoms with Gasteiger partial charge >= 0.3 is 11.9 Å². The predicted octanol–water partition coefficient (Wildman–Crippen LogP) is 2.55. The molecule has 2 bridgehead atoms. The molecular weight excluding hydrogens is 268 g/mol. The molecule has 4 nitrogen and oxygen atoms in total. The van der Waals surface area contributed by atoms with Gasteiger partial charge in [0.15, 0.2) is 0 Å². The van der Waals surface area contributed by atoms with E-state index in [9.17, 15) is 9.59 Å². The number of esters is 2. The van der Waals surface area contributed by atoms with Crippen molar-refractivity contribution in [3.8, 4) is 0 Å². The van der Waals surface area contributed by atoms with Gasteiger partial charge in [-0.3, -0.25) is 9.59 Å². The van der Waals surface area contributed by atoms with E-state index in [1.165, 1.54) is 0 Å². The van der Waals surface area contributed by atoms with Crippen LogP contribution in [-0.4, -0.2) is 24.1 Å². The molecule has 0 aromatic rings. The van der Waals surface area contributed by atoms with E-state index >= 15 is 0 Å². The number of hydrogen-bond acceptors (Lipinski definition) is 4. The molecule has 3 aliphatic carbocycles. The number of carbonyl (C=O) groups excluding carboxylic acids is 2. The molecule has 21 heavy (non-hydrogen) atoms. The topological polar surface area (TPSA) is 52.6 Å². The van der Waals surface area contributed by atoms with E-state index in [4.69, 9.17) is 9.47 Å². The summed E-state index contributed by atoms with van der Waals surface area (Å²) in [6, 6.07) is 0. The van der Waals surface area contributed by atoms with E-state index in [-0.39, 0.29) is 35.5 Å². The minimum Gasteiger partial charge on any atom is -0.458 e. The summed E-state index contributed by atoms with van der Waals surface area (Å²) in [6.45, 7) is 6.44. The normalized spacial score (nSPS) is 49.6. The average Bonchev–Trinajstić information content (AvgIpc) is 2.75. The molecule has 1 aliphatic heterocycles. The van der Waals surface area contributed by atoms with Crippen molar-refractivity contribution >= 4 is 11.9 Å². The molecular formula is C17H24O4. The Morgan fingerprint density at radius 1 is 1.43 bits per heavy atom. The van der Waals surface area contributed by atoms with Gasteiger partial charge in [0.2, 0.25) is 0 Å². The first-order chi connectivity index (χ1) is 9.92. The van der Waals surface area contributed by atoms with E-state index in [0.29, 0.717) is 23.7 Å². The second-order valence-corrected chi connectivity index (χ2v) is 8.13. The lowest BCUT2D eigenvalue weighted by Crippen LogP contribution is -2.38. The van der Waals surface area contributed by atoms with Crippen molar-refractivity contribution < 1.29 is 19.1 Å². The third-order valence-corrected chi connectivity index (χ3v) is 6.29. The first-order valence-corrected chi connectivity index (χ1v) is 8.34. The van der Waals surface area contributed by atoms with Crippen molar-refractivity contribution in [2.24, 2.45) is 35.0 Å². The Kier molecular flexibility index (Phi) is 2.74. The Bertz CT molecular complexity index is 499. The van der Waals surface area contributed by atoms with Crippen LogP contribution in [0.2, 0.25) is 0 Å². The Labute approximate surface area is 125 Å². The van der Waals surface area contributed by atoms with Gasteiger partial charge in [0.25, 0.3) is 0 Å². The molecule has 0 amide bonds. The summed E-state index contributed by atoms with van der Waals surface area (Å²) in [4.78, 5) is 24.5. The average molecular weight is 292 g/mol. The molecule has 0 radical (unpaired) electrons. The molecule has 7 unspecified atom stereocenters. The lowest BCUT2D eigenvalue weighted by Gasteiger charge is -2.28. The maximum atomic E-state index is 12.7. The van der Waals surface area contributed by atoms with Gasteiger partial charge in [-0.1, -0.05) is 20.8 Å². The first-order valence-electron chi connectivity index (χ1n) is 8.34. The summed E-state index contributed by atoms with van der Waals surface area (Å²) in [5.41, 5.74) is -0.266. The molecule has 4 aliphatic rings. The highest BCUT2D eigenvalue weighted by Gasteiger charge is 2.65. The zero-order valence-corrected chi connectivity index (χ0v) is 13.0. The highest BCUT2D eigenvalue weighted by atomic mass is 16.6. The fourth-order valence-corrected chi connectivity index (χ4v) is 5.17. The number of rotatable bonds is 4. The lowest BCUT2D eigenvalue weighted by atomic mass is 9.87. The molecule has 3 saturated carbocycles. The third kappa shape index (κ3) is 1.80. The quantitative estimate of drug-likeness (QED) is 0.747. The van der Waals surface area contributed by atoms with Crippen LogP contribution < -0.4 is 0 Å². The number of fused-ring (bicyclic) bond motifs is 1. The Morgan fingerprint density at radius 3 is 2.76 bits per heavy atom. The van der Waals surface area contributed by atoms with E-state index in [0.717, 1.165) is 25.7 Å². The van der Waals surface area contributed by atoms with Crippen molar-refractivity contribution in [2.45, 2.75) is 58.7 Å². The van der Waals surface area contributed by atoms with Gasteiger partial charge < -0.3 is 9.47 Å². The molecule has 1 saturated heterocycles. The van der Waals surface area contributed by atoms with Crippen LogP contribution in [0.1, 0.15) is 46.5 Å². The van der Waals surface area contributed by atoms with Crippen LogP contribution in [0.3, 0.4) is 0 Å². The van der Waals surface area contributed by atoms with Crippen LogP contribution >= 0.6 is 0 Å². The van der Waals surface area contributed by atoms with Crippen LogP contribution in [-0.2, 0) is 19.1 Å². The van der Waals surface area contributed by atoms with Gasteiger partial charge in [-0.2, -0.15) is 0 Å². The predicted molar refractivity (Wildman–Crippen MR) is 75.1 cm³/mol. The second kappa shape index (κ2) is 4.23. The monoisotopic (exact) mass is 292 g/mol. The summed E-state index contributed by atoms with van der Waals surface area (Å²) in [5, 5.41) is 0. The second-order valence-electron chi connectivity index (χ2n) is 8.13. The largest absolute Gasteiger partial charge is 0.458 e. The van der Waals surface area contributed by atoms with Crippen molar-refractivity contribution in [2.75, 3.05) is 0 Å². The van der Waals surface area contributed by atoms with Gasteiger partial charge in [-0.15, -0.1) is 0 Å². The first kappa shape index (κ1) is 13.6. The number of hydrogen-bond donors (Lipinski definition) is 0. The molecule has 4 rings (SSSR count). The SMILES string of the molecule is CC(C)CC1(C(=O)OC2C3CC4C(=O)OC2C4C3)CC1C. The van der Waals surface area contributed by atoms with Crippen molar-refractivity contribution in [1.29, 1.82) is 0 Å². The highest BCUT2D eigenvalue weighted by Crippen LogP contribution is 2.59. The van der Waals surface area contributed by atoms with Crippen molar-refractivity contribution in [3.63, 3.8) is 0 Å². The molecule has 116 valence electrons. The summed E-state index contributed by atoms with van der Waals surface area (Å²) in [6.07, 6.45) is 3.35. The van der Waals surface area contributed by atoms with E-state index in [1.807, 2.05) is 0 Å². The minimum absolute atomic E-state index is 0.0410. The fourth-order valence-electron chi connectivity index (χ4n) is 5.17. The molecule has 0 spiro atoms. The lowest BCUT2D eigenvalue weighted by molar-refractivity contribution is -0.168. The van der Waals surface area contributed by atoms with Crippen molar-refractivity contribution in [1.82, 2.24) is 0 Å². The standard InChI is InChI=1S/C17H24O4/c1-8(2)6-17(7-9(17)3)16(19)21-13-10-4-11-12(5-10)15(18)20-14(11)13/h8-14H,4-7H2,1-3H3. The van der Waals surface area contributed by atoms with Crippen LogP contribution in [0.5, 0.6) is 0 Å². The Balaban J connectivity index is 1.48. The number of carbonyl (C=O) groups is 2. The maximum absolute atomic E-state index is 12.7. The van der Waals surface area contributed by atoms with E-state index in [1.54, 1.807) is 0 Å². The summed E-state index contributed by atoms with van der Waals surface area (Å²) >= 11 is 0. The minimum atomic E-state index is -0.266. The maximum Gasteiger partial charge on any atom is 0.312 e. The summed E-state index contributed by atoms with van der Waals surface area (Å²) in [5.74, 6) is 1.53. The van der Waals surface area contributed by atoms with Crippen LogP contribution in [0.25, 0.3) is 0 Å². The van der Waals surface area contributed by atoms with Crippen molar-refractivity contribution in [3.05, 3.63) is 0 Å². The smallest absolute Gasteiger partial charge is 0.312 e. The fraction of sp³-hybridized carbons (Fsp3) is 0.882. The Hall–Kier alpha value is -1.06. The summed E-state index contributed by atoms with van der Waals surface area (Å²) in [7, 11) is 0. The Morgan fingerprint density at radius 2 is 2.14 bits per heavy atom. The molecule has 0 aromatic carbocycles. The van der Waals surface area contributed by atoms with Gasteiger partial charge in [0.05, 0.1) is 11.3 Å². The highest BCUT2D eigenvalue weighted by molar-refractivity contribution is 5.81. The van der Waals surface area contributed by atoms with Gasteiger partial charge in [-0.25, -0.2) is 0 Å². The van der Waals surface area contributed by atoms with E-state index in [2.05, 4.69) is 20.8 Å². The molecule has 0 aromatic heterocycles. The number of ether oxygens (including phenoxy) is 2. The molecule has 0 N–H and O–H groups in total. The van der Waals surface area contributed by atoms with Gasteiger partial charge in [0.1, 0.15) is 12.2 Å². The zero-order chi connectivity index (χ0) is 14.9. The summed E-state index contributed by atoms with van der Waals surface area (Å²) < 4.78 is 11.4. The molecule has 1 heterocycles. The van der Waals surface area contributed by atoms with Crippen LogP contribution in [0, 0.1) is 35.0 Å². The zero-order valence-electron chi connectivity index (χ0n) is 13.0. The van der Waals surface area contributed by atoms with Crippen LogP contribution in [0.4, 0.5) is 0 Å². The van der Waals surface area contributed by atoms with E-state index < -0.39 is 0 Å². The third-order valence-electron chi connectivity index (χ3n) is 6.29. The molecule has 4 fully saturated rings. The van der Waals surface area contributed by atoms with Crippen LogP contribution in [0.15, 0.2) is 0 Å².